The van der Waals surface area contributed by atoms with E-state index in [2.05, 4.69) is 31.9 Å². The molecule has 10 heteroatoms. The third-order valence-electron chi connectivity index (χ3n) is 5.09. The van der Waals surface area contributed by atoms with Crippen molar-refractivity contribution < 1.29 is 9.85 Å². The van der Waals surface area contributed by atoms with Crippen LogP contribution in [-0.4, -0.2) is 16.5 Å². The SMILES string of the molecule is Cc1cc2c(c([N+](=O)[O-])c1Br)CN1CN2Cc2c1cc(C)c(Br)c2[N+](=O)[O-]. The largest absolute Gasteiger partial charge is 0.349 e. The van der Waals surface area contributed by atoms with Crippen LogP contribution in [0.5, 0.6) is 0 Å². The van der Waals surface area contributed by atoms with Gasteiger partial charge in [-0.3, -0.25) is 20.2 Å². The fourth-order valence-electron chi connectivity index (χ4n) is 3.86. The first-order chi connectivity index (χ1) is 12.7. The van der Waals surface area contributed by atoms with E-state index in [0.29, 0.717) is 39.8 Å². The molecule has 27 heavy (non-hydrogen) atoms. The molecule has 0 saturated carbocycles. The Bertz CT molecular complexity index is 959. The van der Waals surface area contributed by atoms with Gasteiger partial charge in [-0.2, -0.15) is 0 Å². The zero-order chi connectivity index (χ0) is 19.6. The Hall–Kier alpha value is -2.20. The predicted molar refractivity (Wildman–Crippen MR) is 108 cm³/mol. The molecule has 0 fully saturated rings. The van der Waals surface area contributed by atoms with Gasteiger partial charge in [0.15, 0.2) is 0 Å². The van der Waals surface area contributed by atoms with E-state index in [0.717, 1.165) is 22.5 Å². The zero-order valence-corrected chi connectivity index (χ0v) is 17.6. The van der Waals surface area contributed by atoms with Crippen molar-refractivity contribution in [2.75, 3.05) is 16.5 Å². The first kappa shape index (κ1) is 18.2. The van der Waals surface area contributed by atoms with Gasteiger partial charge in [-0.25, -0.2) is 0 Å². The quantitative estimate of drug-likeness (QED) is 0.430. The molecule has 2 aromatic carbocycles. The summed E-state index contributed by atoms with van der Waals surface area (Å²) in [6, 6.07) is 3.81. The first-order valence-corrected chi connectivity index (χ1v) is 9.72. The van der Waals surface area contributed by atoms with Gasteiger partial charge in [0.2, 0.25) is 0 Å². The van der Waals surface area contributed by atoms with Crippen molar-refractivity contribution in [1.29, 1.82) is 0 Å². The summed E-state index contributed by atoms with van der Waals surface area (Å²) >= 11 is 6.70. The Morgan fingerprint density at radius 1 is 0.852 bits per heavy atom. The minimum absolute atomic E-state index is 0.0616. The molecule has 8 nitrogen and oxygen atoms in total. The average Bonchev–Trinajstić information content (AvgIpc) is 2.58. The smallest absolute Gasteiger partial charge is 0.290 e. The number of aryl methyl sites for hydroxylation is 2. The van der Waals surface area contributed by atoms with Crippen LogP contribution in [0.15, 0.2) is 21.1 Å². The Morgan fingerprint density at radius 2 is 1.22 bits per heavy atom. The van der Waals surface area contributed by atoms with E-state index in [9.17, 15) is 20.2 Å². The normalized spacial score (nSPS) is 14.7. The summed E-state index contributed by atoms with van der Waals surface area (Å²) in [5.74, 6) is 0. The van der Waals surface area contributed by atoms with Gasteiger partial charge in [-0.05, 0) is 69.0 Å². The van der Waals surface area contributed by atoms with Crippen molar-refractivity contribution in [3.63, 3.8) is 0 Å². The van der Waals surface area contributed by atoms with Crippen LogP contribution in [0, 0.1) is 34.1 Å². The van der Waals surface area contributed by atoms with E-state index in [4.69, 9.17) is 0 Å². The minimum atomic E-state index is -0.366. The van der Waals surface area contributed by atoms with Gasteiger partial charge >= 0.3 is 0 Å². The Morgan fingerprint density at radius 3 is 1.56 bits per heavy atom. The van der Waals surface area contributed by atoms with Gasteiger partial charge in [0.1, 0.15) is 0 Å². The standard InChI is InChI=1S/C17H14Br2N4O4/c1-8-3-12-10(16(14(8)18)22(24)25)5-21-7-20(12)6-11-13(21)4-9(2)15(19)17(11)23(26)27/h3-4H,5-7H2,1-2H3. The number of fused-ring (bicyclic) bond motifs is 6. The van der Waals surface area contributed by atoms with Gasteiger partial charge in [-0.1, -0.05) is 0 Å². The van der Waals surface area contributed by atoms with Crippen LogP contribution in [0.2, 0.25) is 0 Å². The summed E-state index contributed by atoms with van der Waals surface area (Å²) in [6.07, 6.45) is 0. The third kappa shape index (κ3) is 2.61. The lowest BCUT2D eigenvalue weighted by Crippen LogP contribution is -2.46. The molecule has 0 spiro atoms. The Labute approximate surface area is 171 Å². The van der Waals surface area contributed by atoms with E-state index in [-0.39, 0.29) is 21.2 Å². The lowest BCUT2D eigenvalue weighted by atomic mass is 9.97. The topological polar surface area (TPSA) is 92.8 Å². The molecule has 2 aliphatic heterocycles. The highest BCUT2D eigenvalue weighted by Crippen LogP contribution is 2.48. The number of nitrogens with zero attached hydrogens (tertiary/aromatic N) is 4. The number of nitro benzene ring substituents is 2. The fraction of sp³-hybridized carbons (Fsp3) is 0.294. The van der Waals surface area contributed by atoms with Crippen LogP contribution in [0.3, 0.4) is 0 Å². The second-order valence-electron chi connectivity index (χ2n) is 6.76. The number of halogens is 2. The molecule has 0 N–H and O–H groups in total. The Balaban J connectivity index is 1.95. The molecule has 0 radical (unpaired) electrons. The highest BCUT2D eigenvalue weighted by Gasteiger charge is 2.39. The molecule has 2 aliphatic rings. The van der Waals surface area contributed by atoms with Crippen molar-refractivity contribution in [1.82, 2.24) is 0 Å². The van der Waals surface area contributed by atoms with Gasteiger partial charge in [0.25, 0.3) is 11.4 Å². The maximum Gasteiger partial charge on any atom is 0.290 e. The summed E-state index contributed by atoms with van der Waals surface area (Å²) in [5.41, 5.74) is 4.41. The summed E-state index contributed by atoms with van der Waals surface area (Å²) in [7, 11) is 0. The molecule has 0 saturated heterocycles. The molecule has 0 aromatic heterocycles. The molecule has 2 aromatic rings. The molecule has 140 valence electrons. The van der Waals surface area contributed by atoms with Crippen LogP contribution in [0.25, 0.3) is 0 Å². The summed E-state index contributed by atoms with van der Waals surface area (Å²) in [4.78, 5) is 26.6. The molecule has 2 bridgehead atoms. The summed E-state index contributed by atoms with van der Waals surface area (Å²) in [5, 5.41) is 23.4. The molecular formula is C17H14Br2N4O4. The fourth-order valence-corrected chi connectivity index (χ4v) is 4.86. The van der Waals surface area contributed by atoms with Crippen molar-refractivity contribution in [2.24, 2.45) is 0 Å². The minimum Gasteiger partial charge on any atom is -0.349 e. The van der Waals surface area contributed by atoms with Gasteiger partial charge in [0.05, 0.1) is 61.1 Å². The number of anilines is 2. The number of nitro groups is 2. The monoisotopic (exact) mass is 496 g/mol. The van der Waals surface area contributed by atoms with E-state index in [1.54, 1.807) is 0 Å². The average molecular weight is 498 g/mol. The Kier molecular flexibility index (Phi) is 4.15. The summed E-state index contributed by atoms with van der Waals surface area (Å²) in [6.45, 7) is 4.81. The number of benzene rings is 2. The molecule has 0 amide bonds. The van der Waals surface area contributed by atoms with Crippen molar-refractivity contribution in [3.05, 3.63) is 63.6 Å². The van der Waals surface area contributed by atoms with E-state index in [1.165, 1.54) is 0 Å². The maximum atomic E-state index is 11.7. The highest BCUT2D eigenvalue weighted by atomic mass is 79.9. The van der Waals surface area contributed by atoms with Crippen LogP contribution in [0.1, 0.15) is 22.3 Å². The van der Waals surface area contributed by atoms with Crippen LogP contribution >= 0.6 is 31.9 Å². The van der Waals surface area contributed by atoms with Crippen LogP contribution in [-0.2, 0) is 13.1 Å². The second-order valence-corrected chi connectivity index (χ2v) is 8.35. The molecule has 2 heterocycles. The van der Waals surface area contributed by atoms with Crippen LogP contribution < -0.4 is 9.80 Å². The van der Waals surface area contributed by atoms with Gasteiger partial charge < -0.3 is 9.80 Å². The van der Waals surface area contributed by atoms with E-state index >= 15 is 0 Å². The number of hydrogen-bond donors (Lipinski definition) is 0. The second kappa shape index (κ2) is 6.16. The zero-order valence-electron chi connectivity index (χ0n) is 14.5. The molecule has 0 unspecified atom stereocenters. The van der Waals surface area contributed by atoms with Crippen LogP contribution in [0.4, 0.5) is 22.7 Å². The van der Waals surface area contributed by atoms with Crippen molar-refractivity contribution >= 4 is 54.6 Å². The molecule has 0 atom stereocenters. The molecule has 0 aliphatic carbocycles. The molecule has 4 rings (SSSR count). The molecular weight excluding hydrogens is 484 g/mol. The van der Waals surface area contributed by atoms with Gasteiger partial charge in [0, 0.05) is 0 Å². The van der Waals surface area contributed by atoms with Crippen molar-refractivity contribution in [2.45, 2.75) is 26.9 Å². The van der Waals surface area contributed by atoms with E-state index < -0.39 is 0 Å². The highest BCUT2D eigenvalue weighted by molar-refractivity contribution is 9.11. The first-order valence-electron chi connectivity index (χ1n) is 8.13. The lowest BCUT2D eigenvalue weighted by molar-refractivity contribution is -0.386. The maximum absolute atomic E-state index is 11.7. The third-order valence-corrected chi connectivity index (χ3v) is 7.09. The number of hydrogen-bond acceptors (Lipinski definition) is 6. The van der Waals surface area contributed by atoms with Gasteiger partial charge in [-0.15, -0.1) is 0 Å². The lowest BCUT2D eigenvalue weighted by Gasteiger charge is -2.44. The summed E-state index contributed by atoms with van der Waals surface area (Å²) < 4.78 is 0.957. The van der Waals surface area contributed by atoms with Crippen molar-refractivity contribution in [3.8, 4) is 0 Å². The number of rotatable bonds is 2. The predicted octanol–water partition coefficient (Wildman–Crippen LogP) is 4.94. The van der Waals surface area contributed by atoms with E-state index in [1.807, 2.05) is 35.8 Å².